The van der Waals surface area contributed by atoms with Gasteiger partial charge in [0.15, 0.2) is 0 Å². The van der Waals surface area contributed by atoms with Crippen LogP contribution in [0.25, 0.3) is 0 Å². The maximum absolute atomic E-state index is 5.86. The molecule has 0 aliphatic heterocycles. The summed E-state index contributed by atoms with van der Waals surface area (Å²) in [5.74, 6) is 0.698. The summed E-state index contributed by atoms with van der Waals surface area (Å²) in [6, 6.07) is 8.27. The first kappa shape index (κ1) is 10.4. The van der Waals surface area contributed by atoms with E-state index in [1.54, 1.807) is 0 Å². The van der Waals surface area contributed by atoms with Crippen molar-refractivity contribution in [2.45, 2.75) is 36.9 Å². The standard InChI is InChI=1S/C12H15ClS/c13-11-6-4-9(5-7-11)10-2-1-3-12(14)8-10/h4-7,10,12,14H,1-3,8H2. The van der Waals surface area contributed by atoms with Crippen LogP contribution in [0.1, 0.15) is 37.2 Å². The molecule has 2 heteroatoms. The van der Waals surface area contributed by atoms with Crippen LogP contribution in [0.4, 0.5) is 0 Å². The Morgan fingerprint density at radius 3 is 2.50 bits per heavy atom. The Balaban J connectivity index is 2.10. The van der Waals surface area contributed by atoms with E-state index in [-0.39, 0.29) is 0 Å². The summed E-state index contributed by atoms with van der Waals surface area (Å²) in [6.07, 6.45) is 5.10. The van der Waals surface area contributed by atoms with Crippen molar-refractivity contribution in [3.05, 3.63) is 34.9 Å². The fraction of sp³-hybridized carbons (Fsp3) is 0.500. The molecule has 1 fully saturated rings. The molecule has 0 saturated heterocycles. The van der Waals surface area contributed by atoms with Gasteiger partial charge in [0.05, 0.1) is 0 Å². The van der Waals surface area contributed by atoms with E-state index in [0.717, 1.165) is 5.02 Å². The van der Waals surface area contributed by atoms with Crippen molar-refractivity contribution < 1.29 is 0 Å². The van der Waals surface area contributed by atoms with E-state index >= 15 is 0 Å². The zero-order valence-electron chi connectivity index (χ0n) is 8.12. The lowest BCUT2D eigenvalue weighted by molar-refractivity contribution is 0.455. The van der Waals surface area contributed by atoms with Crippen LogP contribution in [0.15, 0.2) is 24.3 Å². The number of rotatable bonds is 1. The second kappa shape index (κ2) is 4.59. The molecule has 0 amide bonds. The third-order valence-corrected chi connectivity index (χ3v) is 3.71. The van der Waals surface area contributed by atoms with Crippen LogP contribution >= 0.6 is 24.2 Å². The third-order valence-electron chi connectivity index (χ3n) is 2.99. The van der Waals surface area contributed by atoms with Gasteiger partial charge in [0.2, 0.25) is 0 Å². The quantitative estimate of drug-likeness (QED) is 0.679. The van der Waals surface area contributed by atoms with Crippen LogP contribution in [-0.4, -0.2) is 5.25 Å². The van der Waals surface area contributed by atoms with Crippen LogP contribution in [-0.2, 0) is 0 Å². The molecule has 0 aromatic heterocycles. The fourth-order valence-corrected chi connectivity index (χ4v) is 2.76. The molecule has 0 heterocycles. The predicted octanol–water partition coefficient (Wildman–Crippen LogP) is 4.30. The van der Waals surface area contributed by atoms with Gasteiger partial charge in [-0.15, -0.1) is 0 Å². The zero-order valence-corrected chi connectivity index (χ0v) is 9.77. The summed E-state index contributed by atoms with van der Waals surface area (Å²) in [4.78, 5) is 0. The molecule has 76 valence electrons. The van der Waals surface area contributed by atoms with Crippen molar-refractivity contribution in [3.8, 4) is 0 Å². The van der Waals surface area contributed by atoms with Crippen molar-refractivity contribution in [2.24, 2.45) is 0 Å². The molecule has 1 aromatic carbocycles. The average Bonchev–Trinajstić information content (AvgIpc) is 2.19. The maximum Gasteiger partial charge on any atom is 0.0406 e. The molecular weight excluding hydrogens is 212 g/mol. The van der Waals surface area contributed by atoms with Crippen molar-refractivity contribution in [1.29, 1.82) is 0 Å². The highest BCUT2D eigenvalue weighted by Gasteiger charge is 2.20. The lowest BCUT2D eigenvalue weighted by Gasteiger charge is -2.26. The van der Waals surface area contributed by atoms with Gasteiger partial charge in [-0.3, -0.25) is 0 Å². The molecule has 0 bridgehead atoms. The molecule has 0 spiro atoms. The van der Waals surface area contributed by atoms with E-state index in [0.29, 0.717) is 11.2 Å². The molecule has 1 saturated carbocycles. The number of hydrogen-bond donors (Lipinski definition) is 1. The van der Waals surface area contributed by atoms with Gasteiger partial charge in [0.25, 0.3) is 0 Å². The van der Waals surface area contributed by atoms with Gasteiger partial charge in [-0.1, -0.05) is 30.2 Å². The van der Waals surface area contributed by atoms with Crippen LogP contribution in [0.3, 0.4) is 0 Å². The molecule has 2 atom stereocenters. The minimum Gasteiger partial charge on any atom is -0.176 e. The summed E-state index contributed by atoms with van der Waals surface area (Å²) < 4.78 is 0. The summed E-state index contributed by atoms with van der Waals surface area (Å²) in [7, 11) is 0. The second-order valence-electron chi connectivity index (χ2n) is 4.07. The van der Waals surface area contributed by atoms with Gasteiger partial charge in [0, 0.05) is 10.3 Å². The molecule has 14 heavy (non-hydrogen) atoms. The van der Waals surface area contributed by atoms with Crippen LogP contribution in [0.5, 0.6) is 0 Å². The van der Waals surface area contributed by atoms with Gasteiger partial charge >= 0.3 is 0 Å². The highest BCUT2D eigenvalue weighted by atomic mass is 35.5. The van der Waals surface area contributed by atoms with E-state index in [1.807, 2.05) is 12.1 Å². The Morgan fingerprint density at radius 2 is 1.86 bits per heavy atom. The molecule has 2 unspecified atom stereocenters. The molecule has 1 aromatic rings. The first-order chi connectivity index (χ1) is 6.75. The number of thiol groups is 1. The lowest BCUT2D eigenvalue weighted by atomic mass is 9.84. The van der Waals surface area contributed by atoms with Crippen LogP contribution in [0.2, 0.25) is 5.02 Å². The third kappa shape index (κ3) is 2.46. The Hall–Kier alpha value is -0.140. The molecule has 0 nitrogen and oxygen atoms in total. The van der Waals surface area contributed by atoms with Crippen LogP contribution in [0, 0.1) is 0 Å². The average molecular weight is 227 g/mol. The monoisotopic (exact) mass is 226 g/mol. The van der Waals surface area contributed by atoms with Crippen LogP contribution < -0.4 is 0 Å². The first-order valence-electron chi connectivity index (χ1n) is 5.19. The SMILES string of the molecule is SC1CCCC(c2ccc(Cl)cc2)C1. The van der Waals surface area contributed by atoms with Gasteiger partial charge in [0.1, 0.15) is 0 Å². The van der Waals surface area contributed by atoms with Crippen molar-refractivity contribution in [2.75, 3.05) is 0 Å². The summed E-state index contributed by atoms with van der Waals surface area (Å²) >= 11 is 10.4. The fourth-order valence-electron chi connectivity index (χ4n) is 2.20. The normalized spacial score (nSPS) is 27.6. The molecule has 0 N–H and O–H groups in total. The predicted molar refractivity (Wildman–Crippen MR) is 65.4 cm³/mol. The van der Waals surface area contributed by atoms with Crippen molar-refractivity contribution >= 4 is 24.2 Å². The minimum atomic E-state index is 0.587. The van der Waals surface area contributed by atoms with Gasteiger partial charge in [-0.05, 0) is 42.9 Å². The van der Waals surface area contributed by atoms with Crippen molar-refractivity contribution in [1.82, 2.24) is 0 Å². The van der Waals surface area contributed by atoms with E-state index in [1.165, 1.54) is 31.2 Å². The Morgan fingerprint density at radius 1 is 1.14 bits per heavy atom. The number of benzene rings is 1. The van der Waals surface area contributed by atoms with Crippen molar-refractivity contribution in [3.63, 3.8) is 0 Å². The highest BCUT2D eigenvalue weighted by Crippen LogP contribution is 2.35. The molecule has 1 aliphatic carbocycles. The maximum atomic E-state index is 5.86. The summed E-state index contributed by atoms with van der Waals surface area (Å²) in [5, 5.41) is 1.41. The zero-order chi connectivity index (χ0) is 9.97. The summed E-state index contributed by atoms with van der Waals surface area (Å²) in [5.41, 5.74) is 1.42. The van der Waals surface area contributed by atoms with Gasteiger partial charge in [-0.2, -0.15) is 12.6 Å². The van der Waals surface area contributed by atoms with Gasteiger partial charge < -0.3 is 0 Å². The van der Waals surface area contributed by atoms with E-state index in [2.05, 4.69) is 24.8 Å². The molecular formula is C12H15ClS. The second-order valence-corrected chi connectivity index (χ2v) is 5.24. The lowest BCUT2D eigenvalue weighted by Crippen LogP contribution is -2.13. The molecule has 0 radical (unpaired) electrons. The Kier molecular flexibility index (Phi) is 3.40. The van der Waals surface area contributed by atoms with E-state index < -0.39 is 0 Å². The number of halogens is 1. The Labute approximate surface area is 96.1 Å². The van der Waals surface area contributed by atoms with E-state index in [4.69, 9.17) is 11.6 Å². The summed E-state index contributed by atoms with van der Waals surface area (Å²) in [6.45, 7) is 0. The molecule has 1 aliphatic rings. The van der Waals surface area contributed by atoms with E-state index in [9.17, 15) is 0 Å². The highest BCUT2D eigenvalue weighted by molar-refractivity contribution is 7.80. The first-order valence-corrected chi connectivity index (χ1v) is 6.08. The van der Waals surface area contributed by atoms with Gasteiger partial charge in [-0.25, -0.2) is 0 Å². The smallest absolute Gasteiger partial charge is 0.0406 e. The minimum absolute atomic E-state index is 0.587. The number of hydrogen-bond acceptors (Lipinski definition) is 1. The Bertz CT molecular complexity index is 294. The molecule has 2 rings (SSSR count). The topological polar surface area (TPSA) is 0 Å². The largest absolute Gasteiger partial charge is 0.176 e.